The molecule has 1 aromatic heterocycles. The summed E-state index contributed by atoms with van der Waals surface area (Å²) in [5.41, 5.74) is 5.29. The van der Waals surface area contributed by atoms with E-state index in [1.54, 1.807) is 44.2 Å². The van der Waals surface area contributed by atoms with Crippen molar-refractivity contribution in [2.45, 2.75) is 13.8 Å². The van der Waals surface area contributed by atoms with Gasteiger partial charge in [0.05, 0.1) is 17.6 Å². The lowest BCUT2D eigenvalue weighted by Crippen LogP contribution is -2.14. The van der Waals surface area contributed by atoms with Gasteiger partial charge in [-0.15, -0.1) is 0 Å². The molecule has 0 fully saturated rings. The molecule has 1 heterocycles. The van der Waals surface area contributed by atoms with Gasteiger partial charge < -0.3 is 5.32 Å². The van der Waals surface area contributed by atoms with Crippen LogP contribution in [0, 0.1) is 36.5 Å². The van der Waals surface area contributed by atoms with Gasteiger partial charge in [-0.1, -0.05) is 0 Å². The molecule has 0 unspecified atom stereocenters. The van der Waals surface area contributed by atoms with Gasteiger partial charge in [0.25, 0.3) is 5.91 Å². The molecular weight excluding hydrogens is 306 g/mol. The van der Waals surface area contributed by atoms with Crippen LogP contribution in [-0.4, -0.2) is 21.6 Å². The van der Waals surface area contributed by atoms with Crippen LogP contribution in [0.5, 0.6) is 0 Å². The van der Waals surface area contributed by atoms with Gasteiger partial charge in [-0.3, -0.25) is 15.2 Å². The second-order valence-corrected chi connectivity index (χ2v) is 4.82. The normalized spacial score (nSPS) is 9.33. The molecule has 0 aliphatic rings. The molecule has 0 saturated heterocycles. The highest BCUT2D eigenvalue weighted by atomic mass is 16.1. The number of aryl methyl sites for hydroxylation is 2. The van der Waals surface area contributed by atoms with Crippen molar-refractivity contribution in [3.8, 4) is 12.1 Å². The SMILES string of the molecule is Cc1cnc(C(=O)Nc2ccc(NN=C(C#N)C#N)c(C)c2)cn1. The number of anilines is 2. The minimum Gasteiger partial charge on any atom is -0.321 e. The van der Waals surface area contributed by atoms with Gasteiger partial charge in [-0.25, -0.2) is 4.98 Å². The number of hydrazone groups is 1. The van der Waals surface area contributed by atoms with E-state index in [0.717, 1.165) is 11.3 Å². The van der Waals surface area contributed by atoms with Gasteiger partial charge in [0.1, 0.15) is 17.8 Å². The summed E-state index contributed by atoms with van der Waals surface area (Å²) in [6.45, 7) is 3.59. The molecule has 0 aliphatic heterocycles. The fourth-order valence-electron chi connectivity index (χ4n) is 1.76. The molecule has 0 bridgehead atoms. The molecule has 2 aromatic rings. The molecule has 0 atom stereocenters. The van der Waals surface area contributed by atoms with E-state index < -0.39 is 0 Å². The van der Waals surface area contributed by atoms with Crippen molar-refractivity contribution in [3.63, 3.8) is 0 Å². The molecule has 1 amide bonds. The standard InChI is InChI=1S/C16H13N7O/c1-10-5-12(3-4-14(10)23-22-13(6-17)7-18)21-16(24)15-9-19-11(2)8-20-15/h3-5,8-9,23H,1-2H3,(H,21,24). The maximum Gasteiger partial charge on any atom is 0.275 e. The van der Waals surface area contributed by atoms with Crippen LogP contribution in [-0.2, 0) is 0 Å². The quantitative estimate of drug-likeness (QED) is 0.656. The fourth-order valence-corrected chi connectivity index (χ4v) is 1.76. The second-order valence-electron chi connectivity index (χ2n) is 4.82. The van der Waals surface area contributed by atoms with Gasteiger partial charge in [0.15, 0.2) is 0 Å². The maximum atomic E-state index is 12.1. The largest absolute Gasteiger partial charge is 0.321 e. The van der Waals surface area contributed by atoms with E-state index in [-0.39, 0.29) is 17.3 Å². The lowest BCUT2D eigenvalue weighted by atomic mass is 10.2. The third kappa shape index (κ3) is 4.12. The van der Waals surface area contributed by atoms with Gasteiger partial charge in [0.2, 0.25) is 5.71 Å². The smallest absolute Gasteiger partial charge is 0.275 e. The van der Waals surface area contributed by atoms with Gasteiger partial charge >= 0.3 is 0 Å². The molecule has 2 N–H and O–H groups in total. The highest BCUT2D eigenvalue weighted by molar-refractivity contribution is 6.10. The van der Waals surface area contributed by atoms with Crippen molar-refractivity contribution < 1.29 is 4.79 Å². The molecule has 0 aliphatic carbocycles. The van der Waals surface area contributed by atoms with Crippen LogP contribution in [0.4, 0.5) is 11.4 Å². The van der Waals surface area contributed by atoms with Crippen molar-refractivity contribution in [1.82, 2.24) is 9.97 Å². The summed E-state index contributed by atoms with van der Waals surface area (Å²) in [4.78, 5) is 20.1. The third-order valence-electron chi connectivity index (χ3n) is 3.00. The van der Waals surface area contributed by atoms with Crippen LogP contribution < -0.4 is 10.7 Å². The molecule has 8 heteroatoms. The average Bonchev–Trinajstić information content (AvgIpc) is 2.58. The molecule has 118 valence electrons. The zero-order valence-corrected chi connectivity index (χ0v) is 13.0. The van der Waals surface area contributed by atoms with E-state index in [1.807, 2.05) is 0 Å². The topological polar surface area (TPSA) is 127 Å². The van der Waals surface area contributed by atoms with Crippen molar-refractivity contribution in [2.75, 3.05) is 10.7 Å². The van der Waals surface area contributed by atoms with Crippen molar-refractivity contribution in [1.29, 1.82) is 10.5 Å². The number of carbonyl (C=O) groups excluding carboxylic acids is 1. The minimum absolute atomic E-state index is 0.220. The number of nitrogens with zero attached hydrogens (tertiary/aromatic N) is 5. The van der Waals surface area contributed by atoms with Gasteiger partial charge in [-0.05, 0) is 37.6 Å². The predicted octanol–water partition coefficient (Wildman–Crippen LogP) is 2.16. The molecule has 2 rings (SSSR count). The predicted molar refractivity (Wildman–Crippen MR) is 88.2 cm³/mol. The van der Waals surface area contributed by atoms with Gasteiger partial charge in [-0.2, -0.15) is 15.6 Å². The first-order chi connectivity index (χ1) is 11.5. The van der Waals surface area contributed by atoms with Crippen LogP contribution in [0.25, 0.3) is 0 Å². The first-order valence-corrected chi connectivity index (χ1v) is 6.88. The molecule has 24 heavy (non-hydrogen) atoms. The molecule has 1 aromatic carbocycles. The first kappa shape index (κ1) is 16.6. The zero-order chi connectivity index (χ0) is 17.5. The van der Waals surface area contributed by atoms with E-state index in [0.29, 0.717) is 11.4 Å². The van der Waals surface area contributed by atoms with Crippen LogP contribution in [0.1, 0.15) is 21.7 Å². The monoisotopic (exact) mass is 319 g/mol. The summed E-state index contributed by atoms with van der Waals surface area (Å²) in [6, 6.07) is 8.40. The van der Waals surface area contributed by atoms with E-state index in [1.165, 1.54) is 12.4 Å². The Bertz CT molecular complexity index is 857. The summed E-state index contributed by atoms with van der Waals surface area (Å²) in [5, 5.41) is 23.7. The Morgan fingerprint density at radius 1 is 1.17 bits per heavy atom. The first-order valence-electron chi connectivity index (χ1n) is 6.88. The molecule has 8 nitrogen and oxygen atoms in total. The second kappa shape index (κ2) is 7.47. The van der Waals surface area contributed by atoms with Crippen LogP contribution in [0.3, 0.4) is 0 Å². The Morgan fingerprint density at radius 2 is 1.92 bits per heavy atom. The van der Waals surface area contributed by atoms with Crippen molar-refractivity contribution in [3.05, 3.63) is 47.5 Å². The number of benzene rings is 1. The Labute approximate surface area is 138 Å². The van der Waals surface area contributed by atoms with E-state index in [2.05, 4.69) is 25.8 Å². The van der Waals surface area contributed by atoms with Crippen molar-refractivity contribution >= 4 is 23.0 Å². The zero-order valence-electron chi connectivity index (χ0n) is 13.0. The molecule has 0 saturated carbocycles. The Balaban J connectivity index is 2.11. The summed E-state index contributed by atoms with van der Waals surface area (Å²) in [6.07, 6.45) is 2.93. The number of aromatic nitrogens is 2. The summed E-state index contributed by atoms with van der Waals surface area (Å²) in [5.74, 6) is -0.364. The van der Waals surface area contributed by atoms with E-state index >= 15 is 0 Å². The molecule has 0 radical (unpaired) electrons. The van der Waals surface area contributed by atoms with E-state index in [4.69, 9.17) is 10.5 Å². The maximum absolute atomic E-state index is 12.1. The Hall–Kier alpha value is -3.78. The molecule has 0 spiro atoms. The number of nitriles is 2. The highest BCUT2D eigenvalue weighted by Crippen LogP contribution is 2.20. The number of rotatable bonds is 4. The average molecular weight is 319 g/mol. The van der Waals surface area contributed by atoms with Crippen LogP contribution >= 0.6 is 0 Å². The van der Waals surface area contributed by atoms with Crippen LogP contribution in [0.15, 0.2) is 35.7 Å². The lowest BCUT2D eigenvalue weighted by molar-refractivity contribution is 0.102. The number of nitrogens with one attached hydrogen (secondary N) is 2. The van der Waals surface area contributed by atoms with Crippen LogP contribution in [0.2, 0.25) is 0 Å². The van der Waals surface area contributed by atoms with Gasteiger partial charge in [0, 0.05) is 11.9 Å². The number of hydrogen-bond acceptors (Lipinski definition) is 7. The Kier molecular flexibility index (Phi) is 5.17. The minimum atomic E-state index is -0.364. The summed E-state index contributed by atoms with van der Waals surface area (Å²) in [7, 11) is 0. The van der Waals surface area contributed by atoms with Crippen molar-refractivity contribution in [2.24, 2.45) is 5.10 Å². The summed E-state index contributed by atoms with van der Waals surface area (Å²) < 4.78 is 0. The number of carbonyl (C=O) groups is 1. The highest BCUT2D eigenvalue weighted by Gasteiger charge is 2.09. The number of hydrogen-bond donors (Lipinski definition) is 2. The fraction of sp³-hybridized carbons (Fsp3) is 0.125. The lowest BCUT2D eigenvalue weighted by Gasteiger charge is -2.09. The van der Waals surface area contributed by atoms with E-state index in [9.17, 15) is 4.79 Å². The summed E-state index contributed by atoms with van der Waals surface area (Å²) >= 11 is 0. The number of amides is 1. The third-order valence-corrected chi connectivity index (χ3v) is 3.00. The Morgan fingerprint density at radius 3 is 2.50 bits per heavy atom. The molecular formula is C16H13N7O.